The predicted octanol–water partition coefficient (Wildman–Crippen LogP) is 8.18. The molecule has 1 heterocycles. The second kappa shape index (κ2) is 11.5. The van der Waals surface area contributed by atoms with E-state index in [1.807, 2.05) is 12.1 Å². The Bertz CT molecular complexity index is 637. The summed E-state index contributed by atoms with van der Waals surface area (Å²) < 4.78 is 5.91. The first-order chi connectivity index (χ1) is 14.5. The highest BCUT2D eigenvalue weighted by atomic mass is 28.3. The van der Waals surface area contributed by atoms with E-state index < -0.39 is 8.07 Å². The third-order valence-electron chi connectivity index (χ3n) is 8.13. The fourth-order valence-electron chi connectivity index (χ4n) is 5.92. The third-order valence-corrected chi connectivity index (χ3v) is 13.5. The molecule has 0 unspecified atom stereocenters. The van der Waals surface area contributed by atoms with Gasteiger partial charge in [-0.1, -0.05) is 102 Å². The molecule has 1 aliphatic carbocycles. The first-order valence-electron chi connectivity index (χ1n) is 12.8. The van der Waals surface area contributed by atoms with E-state index in [9.17, 15) is 4.79 Å². The molecule has 0 amide bonds. The summed E-state index contributed by atoms with van der Waals surface area (Å²) in [7, 11) is -1.18. The summed E-state index contributed by atoms with van der Waals surface area (Å²) in [6.07, 6.45) is 16.1. The largest absolute Gasteiger partial charge is 0.459 e. The van der Waals surface area contributed by atoms with Crippen LogP contribution in [0.25, 0.3) is 0 Å². The second-order valence-electron chi connectivity index (χ2n) is 10.4. The molecule has 0 spiro atoms. The number of carbonyl (C=O) groups excluding carboxylic acids is 1. The van der Waals surface area contributed by atoms with Crippen molar-refractivity contribution < 1.29 is 9.53 Å². The van der Waals surface area contributed by atoms with Crippen molar-refractivity contribution in [3.8, 4) is 0 Å². The highest BCUT2D eigenvalue weighted by molar-refractivity contribution is 6.80. The topological polar surface area (TPSA) is 26.3 Å². The molecule has 0 radical (unpaired) electrons. The van der Waals surface area contributed by atoms with Gasteiger partial charge in [-0.15, -0.1) is 0 Å². The van der Waals surface area contributed by atoms with Crippen molar-refractivity contribution >= 4 is 14.0 Å². The lowest BCUT2D eigenvalue weighted by molar-refractivity contribution is 0.0270. The van der Waals surface area contributed by atoms with Gasteiger partial charge >= 0.3 is 5.97 Å². The lowest BCUT2D eigenvalue weighted by Gasteiger charge is -2.44. The molecule has 1 aliphatic heterocycles. The summed E-state index contributed by atoms with van der Waals surface area (Å²) in [5.41, 5.74) is 3.03. The van der Waals surface area contributed by atoms with Gasteiger partial charge in [0, 0.05) is 0 Å². The molecule has 1 saturated heterocycles. The van der Waals surface area contributed by atoms with Crippen LogP contribution in [0.15, 0.2) is 24.3 Å². The van der Waals surface area contributed by atoms with Gasteiger partial charge in [0.15, 0.2) is 0 Å². The van der Waals surface area contributed by atoms with Crippen LogP contribution in [0.3, 0.4) is 0 Å². The number of rotatable bonds is 9. The molecule has 0 aromatic heterocycles. The highest BCUT2D eigenvalue weighted by Crippen LogP contribution is 2.47. The average molecular weight is 429 g/mol. The van der Waals surface area contributed by atoms with E-state index in [-0.39, 0.29) is 12.1 Å². The van der Waals surface area contributed by atoms with Gasteiger partial charge in [-0.05, 0) is 48.4 Å². The monoisotopic (exact) mass is 428 g/mol. The Labute approximate surface area is 186 Å². The molecule has 1 aromatic carbocycles. The van der Waals surface area contributed by atoms with Gasteiger partial charge in [-0.25, -0.2) is 4.79 Å². The molecule has 2 aliphatic rings. The number of ether oxygens (including phenoxy) is 1. The SMILES string of the molecule is CCCCCC1CCC([Si@]2(C)CC[C@@H](OC(=O)c3ccc(CCC)cc3)CC2)CC1. The van der Waals surface area contributed by atoms with Crippen molar-refractivity contribution in [3.05, 3.63) is 35.4 Å². The van der Waals surface area contributed by atoms with Crippen molar-refractivity contribution in [1.82, 2.24) is 0 Å². The van der Waals surface area contributed by atoms with Gasteiger partial charge in [0.25, 0.3) is 0 Å². The molecule has 1 aromatic rings. The van der Waals surface area contributed by atoms with E-state index in [1.54, 1.807) is 0 Å². The van der Waals surface area contributed by atoms with E-state index in [1.165, 1.54) is 69.0 Å². The van der Waals surface area contributed by atoms with Gasteiger partial charge < -0.3 is 4.74 Å². The molecule has 0 atom stereocenters. The zero-order chi connectivity index (χ0) is 21.4. The summed E-state index contributed by atoms with van der Waals surface area (Å²) in [4.78, 5) is 12.6. The summed E-state index contributed by atoms with van der Waals surface area (Å²) in [5, 5.41) is 0. The van der Waals surface area contributed by atoms with Crippen LogP contribution >= 0.6 is 0 Å². The minimum Gasteiger partial charge on any atom is -0.459 e. The molecule has 0 N–H and O–H groups in total. The molecule has 3 rings (SSSR count). The fraction of sp³-hybridized carbons (Fsp3) is 0.741. The molecule has 2 fully saturated rings. The van der Waals surface area contributed by atoms with Crippen LogP contribution in [0.2, 0.25) is 24.2 Å². The van der Waals surface area contributed by atoms with E-state index in [0.717, 1.165) is 37.1 Å². The second-order valence-corrected chi connectivity index (χ2v) is 15.5. The fourth-order valence-corrected chi connectivity index (χ4v) is 10.7. The highest BCUT2D eigenvalue weighted by Gasteiger charge is 2.41. The summed E-state index contributed by atoms with van der Waals surface area (Å²) in [5.74, 6) is 0.882. The first-order valence-corrected chi connectivity index (χ1v) is 15.8. The number of aryl methyl sites for hydroxylation is 1. The van der Waals surface area contributed by atoms with Gasteiger partial charge in [-0.3, -0.25) is 0 Å². The van der Waals surface area contributed by atoms with Crippen LogP contribution < -0.4 is 0 Å². The number of hydrogen-bond donors (Lipinski definition) is 0. The van der Waals surface area contributed by atoms with Crippen molar-refractivity contribution in [2.45, 2.75) is 121 Å². The van der Waals surface area contributed by atoms with Gasteiger partial charge in [0.2, 0.25) is 0 Å². The third kappa shape index (κ3) is 6.45. The van der Waals surface area contributed by atoms with Crippen molar-refractivity contribution in [1.29, 1.82) is 0 Å². The normalized spacial score (nSPS) is 29.5. The van der Waals surface area contributed by atoms with Gasteiger partial charge in [0.1, 0.15) is 6.10 Å². The van der Waals surface area contributed by atoms with Crippen molar-refractivity contribution in [3.63, 3.8) is 0 Å². The Kier molecular flexibility index (Phi) is 9.04. The van der Waals surface area contributed by atoms with Crippen molar-refractivity contribution in [2.75, 3.05) is 0 Å². The number of carbonyl (C=O) groups is 1. The Morgan fingerprint density at radius 2 is 1.60 bits per heavy atom. The molecule has 168 valence electrons. The van der Waals surface area contributed by atoms with Crippen LogP contribution in [0.5, 0.6) is 0 Å². The minimum absolute atomic E-state index is 0.124. The summed E-state index contributed by atoms with van der Waals surface area (Å²) in [6.45, 7) is 7.14. The number of esters is 1. The van der Waals surface area contributed by atoms with E-state index in [2.05, 4.69) is 32.5 Å². The molecule has 1 saturated carbocycles. The van der Waals surface area contributed by atoms with Gasteiger partial charge in [-0.2, -0.15) is 0 Å². The van der Waals surface area contributed by atoms with Crippen LogP contribution in [0.1, 0.15) is 100 Å². The van der Waals surface area contributed by atoms with Crippen molar-refractivity contribution in [2.24, 2.45) is 5.92 Å². The molecule has 0 bridgehead atoms. The lowest BCUT2D eigenvalue weighted by atomic mass is 9.85. The summed E-state index contributed by atoms with van der Waals surface area (Å²) >= 11 is 0. The first kappa shape index (κ1) is 23.6. The van der Waals surface area contributed by atoms with Crippen LogP contribution in [-0.2, 0) is 11.2 Å². The maximum atomic E-state index is 12.6. The molecule has 2 nitrogen and oxygen atoms in total. The van der Waals surface area contributed by atoms with Crippen LogP contribution in [0.4, 0.5) is 0 Å². The number of unbranched alkanes of at least 4 members (excludes halogenated alkanes) is 2. The van der Waals surface area contributed by atoms with Crippen LogP contribution in [0, 0.1) is 5.92 Å². The minimum atomic E-state index is -1.18. The molecule has 3 heteroatoms. The van der Waals surface area contributed by atoms with E-state index >= 15 is 0 Å². The van der Waals surface area contributed by atoms with E-state index in [4.69, 9.17) is 4.74 Å². The quantitative estimate of drug-likeness (QED) is 0.225. The predicted molar refractivity (Wildman–Crippen MR) is 130 cm³/mol. The number of hydrogen-bond acceptors (Lipinski definition) is 2. The average Bonchev–Trinajstić information content (AvgIpc) is 2.77. The Balaban J connectivity index is 1.42. The smallest absolute Gasteiger partial charge is 0.338 e. The molecule has 30 heavy (non-hydrogen) atoms. The standard InChI is InChI=1S/C27H44O2Si/c1-4-6-7-9-23-12-16-26(17-13-23)30(3)20-18-25(19-21-30)29-27(28)24-14-10-22(8-5-2)11-15-24/h10-11,14-15,23,25-26H,4-9,12-13,16-21H2,1-3H3/t23?,25-,26?,30-. The lowest BCUT2D eigenvalue weighted by Crippen LogP contribution is -2.43. The molecular formula is C27H44O2Si. The maximum absolute atomic E-state index is 12.6. The Morgan fingerprint density at radius 3 is 2.20 bits per heavy atom. The maximum Gasteiger partial charge on any atom is 0.338 e. The van der Waals surface area contributed by atoms with E-state index in [0.29, 0.717) is 5.56 Å². The zero-order valence-corrected chi connectivity index (χ0v) is 20.8. The number of benzene rings is 1. The molecular weight excluding hydrogens is 384 g/mol. The summed E-state index contributed by atoms with van der Waals surface area (Å²) in [6, 6.07) is 10.7. The van der Waals surface area contributed by atoms with Gasteiger partial charge in [0.05, 0.1) is 13.6 Å². The Hall–Kier alpha value is -1.09. The zero-order valence-electron chi connectivity index (χ0n) is 19.8. The Morgan fingerprint density at radius 1 is 0.933 bits per heavy atom. The van der Waals surface area contributed by atoms with Crippen LogP contribution in [-0.4, -0.2) is 20.1 Å².